The number of nitrogens with one attached hydrogen (secondary N) is 1. The predicted octanol–water partition coefficient (Wildman–Crippen LogP) is 3.58. The molecule has 2 aromatic heterocycles. The molecule has 1 aromatic carbocycles. The maximum absolute atomic E-state index is 12.1. The molecule has 0 radical (unpaired) electrons. The van der Waals surface area contributed by atoms with Crippen molar-refractivity contribution in [2.45, 2.75) is 10.8 Å². The van der Waals surface area contributed by atoms with Crippen molar-refractivity contribution in [2.75, 3.05) is 0 Å². The van der Waals surface area contributed by atoms with Gasteiger partial charge in [-0.3, -0.25) is 0 Å². The van der Waals surface area contributed by atoms with E-state index >= 15 is 0 Å². The van der Waals surface area contributed by atoms with Crippen molar-refractivity contribution in [1.29, 1.82) is 0 Å². The molecule has 3 aromatic rings. The Morgan fingerprint density at radius 1 is 1.17 bits per heavy atom. The Hall–Kier alpha value is -1.45. The number of aromatic nitrogens is 2. The minimum Gasteiger partial charge on any atom is -0.338 e. The fraction of sp³-hybridized carbons (Fsp3) is 0.0769. The van der Waals surface area contributed by atoms with Crippen LogP contribution in [0.3, 0.4) is 0 Å². The van der Waals surface area contributed by atoms with Gasteiger partial charge in [0.05, 0.1) is 15.9 Å². The van der Waals surface area contributed by atoms with Crippen molar-refractivity contribution < 1.29 is 12.9 Å². The monoisotopic (exact) mass is 389 g/mol. The van der Waals surface area contributed by atoms with Crippen molar-refractivity contribution in [2.24, 2.45) is 0 Å². The second-order valence-corrected chi connectivity index (χ2v) is 8.49. The molecule has 6 nitrogen and oxygen atoms in total. The zero-order valence-corrected chi connectivity index (χ0v) is 14.5. The summed E-state index contributed by atoms with van der Waals surface area (Å²) in [6.45, 7) is -0.130. The predicted molar refractivity (Wildman–Crippen MR) is 88.1 cm³/mol. The third-order valence-corrected chi connectivity index (χ3v) is 6.26. The molecule has 0 spiro atoms. The third-order valence-electron chi connectivity index (χ3n) is 2.81. The highest BCUT2D eigenvalue weighted by atomic mass is 35.5. The number of rotatable bonds is 5. The molecular weight excluding hydrogens is 381 g/mol. The van der Waals surface area contributed by atoms with Crippen molar-refractivity contribution in [1.82, 2.24) is 14.9 Å². The first-order valence-electron chi connectivity index (χ1n) is 6.28. The molecule has 0 aliphatic heterocycles. The van der Waals surface area contributed by atoms with Crippen LogP contribution >= 0.6 is 34.5 Å². The standard InChI is InChI=1S/C13H9Cl2N3O3S2/c14-9-4-2-1-3-8(9)13-17-11(21-18-13)7-16-23(19,20)12-6-5-10(15)22-12/h1-6,16H,7H2. The summed E-state index contributed by atoms with van der Waals surface area (Å²) in [5, 5.41) is 4.28. The Labute approximate surface area is 146 Å². The molecule has 0 unspecified atom stereocenters. The molecule has 2 heterocycles. The maximum Gasteiger partial charge on any atom is 0.250 e. The fourth-order valence-electron chi connectivity index (χ4n) is 1.75. The molecule has 0 bridgehead atoms. The molecule has 0 saturated heterocycles. The van der Waals surface area contributed by atoms with E-state index in [9.17, 15) is 8.42 Å². The van der Waals surface area contributed by atoms with Gasteiger partial charge in [0, 0.05) is 5.56 Å². The minimum atomic E-state index is -3.67. The van der Waals surface area contributed by atoms with E-state index in [2.05, 4.69) is 14.9 Å². The van der Waals surface area contributed by atoms with E-state index in [4.69, 9.17) is 27.7 Å². The van der Waals surface area contributed by atoms with Gasteiger partial charge < -0.3 is 4.52 Å². The lowest BCUT2D eigenvalue weighted by Crippen LogP contribution is -2.22. The molecule has 1 N–H and O–H groups in total. The van der Waals surface area contributed by atoms with E-state index < -0.39 is 10.0 Å². The summed E-state index contributed by atoms with van der Waals surface area (Å²) in [6, 6.07) is 9.97. The number of halogens is 2. The van der Waals surface area contributed by atoms with Gasteiger partial charge in [0.2, 0.25) is 11.7 Å². The molecule has 0 fully saturated rings. The summed E-state index contributed by atoms with van der Waals surface area (Å²) in [5.74, 6) is 0.426. The van der Waals surface area contributed by atoms with Crippen molar-refractivity contribution >= 4 is 44.6 Å². The molecule has 3 rings (SSSR count). The minimum absolute atomic E-state index is 0.119. The van der Waals surface area contributed by atoms with Gasteiger partial charge in [0.1, 0.15) is 4.21 Å². The van der Waals surface area contributed by atoms with E-state index in [1.54, 1.807) is 24.3 Å². The Morgan fingerprint density at radius 3 is 2.65 bits per heavy atom. The lowest BCUT2D eigenvalue weighted by atomic mass is 10.2. The first kappa shape index (κ1) is 16.4. The molecule has 0 atom stereocenters. The Morgan fingerprint density at radius 2 is 1.96 bits per heavy atom. The summed E-state index contributed by atoms with van der Waals surface area (Å²) in [4.78, 5) is 4.13. The number of thiophene rings is 1. The van der Waals surface area contributed by atoms with Crippen LogP contribution in [-0.4, -0.2) is 18.6 Å². The molecule has 10 heteroatoms. The largest absolute Gasteiger partial charge is 0.338 e. The van der Waals surface area contributed by atoms with Crippen molar-refractivity contribution in [3.8, 4) is 11.4 Å². The normalized spacial score (nSPS) is 11.7. The molecule has 23 heavy (non-hydrogen) atoms. The average molecular weight is 390 g/mol. The SMILES string of the molecule is O=S(=O)(NCc1nc(-c2ccccc2Cl)no1)c1ccc(Cl)s1. The van der Waals surface area contributed by atoms with E-state index in [1.165, 1.54) is 12.1 Å². The first-order chi connectivity index (χ1) is 11.0. The number of hydrogen-bond donors (Lipinski definition) is 1. The summed E-state index contributed by atoms with van der Waals surface area (Å²) < 4.78 is 32.1. The quantitative estimate of drug-likeness (QED) is 0.720. The Balaban J connectivity index is 1.74. The molecular formula is C13H9Cl2N3O3S2. The van der Waals surface area contributed by atoms with Crippen molar-refractivity contribution in [3.05, 3.63) is 51.6 Å². The van der Waals surface area contributed by atoms with Gasteiger partial charge >= 0.3 is 0 Å². The topological polar surface area (TPSA) is 85.1 Å². The van der Waals surface area contributed by atoms with Gasteiger partial charge in [-0.25, -0.2) is 13.1 Å². The third kappa shape index (κ3) is 3.73. The second-order valence-electron chi connectivity index (χ2n) is 4.37. The van der Waals surface area contributed by atoms with Crippen LogP contribution in [0.5, 0.6) is 0 Å². The smallest absolute Gasteiger partial charge is 0.250 e. The van der Waals surface area contributed by atoms with Gasteiger partial charge in [-0.05, 0) is 24.3 Å². The lowest BCUT2D eigenvalue weighted by molar-refractivity contribution is 0.376. The van der Waals surface area contributed by atoms with Crippen LogP contribution in [0.4, 0.5) is 0 Å². The van der Waals surface area contributed by atoms with Crippen LogP contribution in [0.2, 0.25) is 9.36 Å². The van der Waals surface area contributed by atoms with Crippen LogP contribution in [-0.2, 0) is 16.6 Å². The van der Waals surface area contributed by atoms with Crippen LogP contribution in [0.1, 0.15) is 5.89 Å². The lowest BCUT2D eigenvalue weighted by Gasteiger charge is -2.00. The van der Waals surface area contributed by atoms with E-state index in [1.807, 2.05) is 0 Å². The van der Waals surface area contributed by atoms with Crippen LogP contribution in [0, 0.1) is 0 Å². The van der Waals surface area contributed by atoms with Crippen LogP contribution in [0.15, 0.2) is 45.1 Å². The highest BCUT2D eigenvalue weighted by molar-refractivity contribution is 7.91. The van der Waals surface area contributed by atoms with Gasteiger partial charge in [-0.2, -0.15) is 4.98 Å². The molecule has 0 aliphatic rings. The van der Waals surface area contributed by atoms with Gasteiger partial charge in [0.15, 0.2) is 0 Å². The van der Waals surface area contributed by atoms with E-state index in [-0.39, 0.29) is 16.6 Å². The summed E-state index contributed by atoms with van der Waals surface area (Å²) >= 11 is 12.8. The second kappa shape index (κ2) is 6.58. The summed E-state index contributed by atoms with van der Waals surface area (Å²) in [6.07, 6.45) is 0. The first-order valence-corrected chi connectivity index (χ1v) is 9.34. The van der Waals surface area contributed by atoms with Gasteiger partial charge in [-0.1, -0.05) is 40.5 Å². The summed E-state index contributed by atoms with van der Waals surface area (Å²) in [7, 11) is -3.67. The average Bonchev–Trinajstić information content (AvgIpc) is 3.15. The molecule has 120 valence electrons. The highest BCUT2D eigenvalue weighted by Gasteiger charge is 2.18. The number of benzene rings is 1. The molecule has 0 aliphatic carbocycles. The van der Waals surface area contributed by atoms with Crippen molar-refractivity contribution in [3.63, 3.8) is 0 Å². The zero-order valence-electron chi connectivity index (χ0n) is 11.4. The maximum atomic E-state index is 12.1. The Bertz CT molecular complexity index is 937. The van der Waals surface area contributed by atoms with Crippen LogP contribution in [0.25, 0.3) is 11.4 Å². The highest BCUT2D eigenvalue weighted by Crippen LogP contribution is 2.26. The van der Waals surface area contributed by atoms with Gasteiger partial charge in [-0.15, -0.1) is 11.3 Å². The zero-order chi connectivity index (χ0) is 16.4. The number of sulfonamides is 1. The number of nitrogens with zero attached hydrogens (tertiary/aromatic N) is 2. The fourth-order valence-corrected chi connectivity index (χ4v) is 4.47. The molecule has 0 saturated carbocycles. The van der Waals surface area contributed by atoms with E-state index in [0.29, 0.717) is 20.7 Å². The molecule has 0 amide bonds. The summed E-state index contributed by atoms with van der Waals surface area (Å²) in [5.41, 5.74) is 0.608. The Kier molecular flexibility index (Phi) is 4.69. The van der Waals surface area contributed by atoms with E-state index in [0.717, 1.165) is 11.3 Å². The number of hydrogen-bond acceptors (Lipinski definition) is 6. The van der Waals surface area contributed by atoms with Gasteiger partial charge in [0.25, 0.3) is 10.0 Å². The van der Waals surface area contributed by atoms with Crippen LogP contribution < -0.4 is 4.72 Å².